The van der Waals surface area contributed by atoms with Gasteiger partial charge in [-0.25, -0.2) is 0 Å². The van der Waals surface area contributed by atoms with Crippen molar-refractivity contribution in [2.24, 2.45) is 0 Å². The molecule has 0 aliphatic heterocycles. The molecule has 2 rings (SSSR count). The summed E-state index contributed by atoms with van der Waals surface area (Å²) in [6, 6.07) is 14.3. The van der Waals surface area contributed by atoms with E-state index in [-0.39, 0.29) is 5.91 Å². The number of anilines is 1. The fourth-order valence-electron chi connectivity index (χ4n) is 1.52. The number of hydrogen-bond acceptors (Lipinski definition) is 1. The third-order valence-electron chi connectivity index (χ3n) is 2.48. The first-order chi connectivity index (χ1) is 8.70. The van der Waals surface area contributed by atoms with Crippen molar-refractivity contribution in [1.82, 2.24) is 0 Å². The number of hydrogen-bond donors (Lipinski definition) is 1. The Morgan fingerprint density at radius 3 is 2.33 bits per heavy atom. The highest BCUT2D eigenvalue weighted by Crippen LogP contribution is 2.17. The van der Waals surface area contributed by atoms with E-state index in [0.717, 1.165) is 5.56 Å². The highest BCUT2D eigenvalue weighted by atomic mass is 35.5. The first-order valence-corrected chi connectivity index (χ1v) is 6.33. The maximum atomic E-state index is 12.0. The monoisotopic (exact) mass is 279 g/mol. The van der Waals surface area contributed by atoms with Crippen LogP contribution < -0.4 is 5.32 Å². The Hall–Kier alpha value is -1.51. The summed E-state index contributed by atoms with van der Waals surface area (Å²) >= 11 is 11.7. The van der Waals surface area contributed by atoms with Crippen LogP contribution >= 0.6 is 23.2 Å². The fourth-order valence-corrected chi connectivity index (χ4v) is 1.92. The minimum Gasteiger partial charge on any atom is -0.322 e. The summed E-state index contributed by atoms with van der Waals surface area (Å²) in [6.07, 6.45) is 0. The summed E-state index contributed by atoms with van der Waals surface area (Å²) in [5.74, 6) is 0.234. The van der Waals surface area contributed by atoms with Crippen LogP contribution in [0.2, 0.25) is 5.02 Å². The van der Waals surface area contributed by atoms with Gasteiger partial charge in [0.15, 0.2) is 0 Å². The van der Waals surface area contributed by atoms with Crippen LogP contribution in [0.4, 0.5) is 5.69 Å². The van der Waals surface area contributed by atoms with E-state index in [1.54, 1.807) is 24.3 Å². The van der Waals surface area contributed by atoms with E-state index in [9.17, 15) is 4.79 Å². The normalized spacial score (nSPS) is 10.1. The van der Waals surface area contributed by atoms with Crippen molar-refractivity contribution in [3.63, 3.8) is 0 Å². The number of carbonyl (C=O) groups is 1. The van der Waals surface area contributed by atoms with Gasteiger partial charge in [-0.05, 0) is 29.8 Å². The van der Waals surface area contributed by atoms with Crippen LogP contribution in [0.25, 0.3) is 0 Å². The molecule has 0 radical (unpaired) electrons. The average Bonchev–Trinajstić information content (AvgIpc) is 2.40. The predicted octanol–water partition coefficient (Wildman–Crippen LogP) is 4.33. The lowest BCUT2D eigenvalue weighted by molar-refractivity contribution is 0.102. The van der Waals surface area contributed by atoms with Gasteiger partial charge in [0.1, 0.15) is 0 Å². The smallest absolute Gasteiger partial charge is 0.257 e. The second-order valence-corrected chi connectivity index (χ2v) is 4.44. The average molecular weight is 280 g/mol. The second kappa shape index (κ2) is 5.89. The molecule has 0 aliphatic carbocycles. The van der Waals surface area contributed by atoms with Crippen molar-refractivity contribution in [2.45, 2.75) is 5.88 Å². The van der Waals surface area contributed by atoms with Crippen LogP contribution in [-0.2, 0) is 5.88 Å². The first-order valence-electron chi connectivity index (χ1n) is 5.41. The van der Waals surface area contributed by atoms with Crippen LogP contribution in [0.1, 0.15) is 15.9 Å². The van der Waals surface area contributed by atoms with Gasteiger partial charge >= 0.3 is 0 Å². The lowest BCUT2D eigenvalue weighted by Gasteiger charge is -2.07. The molecule has 1 N–H and O–H groups in total. The summed E-state index contributed by atoms with van der Waals surface area (Å²) < 4.78 is 0. The van der Waals surface area contributed by atoms with Gasteiger partial charge in [0, 0.05) is 11.6 Å². The fraction of sp³-hybridized carbons (Fsp3) is 0.0714. The van der Waals surface area contributed by atoms with Crippen LogP contribution in [0.3, 0.4) is 0 Å². The molecule has 2 aromatic carbocycles. The van der Waals surface area contributed by atoms with Crippen molar-refractivity contribution in [2.75, 3.05) is 5.32 Å². The van der Waals surface area contributed by atoms with Crippen molar-refractivity contribution in [3.05, 3.63) is 64.7 Å². The van der Waals surface area contributed by atoms with Gasteiger partial charge < -0.3 is 5.32 Å². The van der Waals surface area contributed by atoms with Gasteiger partial charge in [-0.1, -0.05) is 35.9 Å². The minimum atomic E-state index is -0.223. The van der Waals surface area contributed by atoms with Crippen LogP contribution in [-0.4, -0.2) is 5.91 Å². The van der Waals surface area contributed by atoms with Crippen molar-refractivity contribution in [3.8, 4) is 0 Å². The van der Waals surface area contributed by atoms with Gasteiger partial charge in [-0.3, -0.25) is 4.79 Å². The molecule has 0 bridgehead atoms. The number of rotatable bonds is 3. The Kier molecular flexibility index (Phi) is 4.24. The molecule has 2 nitrogen and oxygen atoms in total. The molecule has 0 atom stereocenters. The maximum absolute atomic E-state index is 12.0. The second-order valence-electron chi connectivity index (χ2n) is 3.76. The molecule has 0 aromatic heterocycles. The minimum absolute atomic E-state index is 0.223. The SMILES string of the molecule is O=C(Nc1ccc(CCl)cc1)c1ccccc1Cl. The van der Waals surface area contributed by atoms with Crippen molar-refractivity contribution < 1.29 is 4.79 Å². The molecule has 2 aromatic rings. The highest BCUT2D eigenvalue weighted by molar-refractivity contribution is 6.34. The zero-order valence-corrected chi connectivity index (χ0v) is 11.0. The van der Waals surface area contributed by atoms with Gasteiger partial charge in [-0.2, -0.15) is 0 Å². The molecule has 0 saturated heterocycles. The summed E-state index contributed by atoms with van der Waals surface area (Å²) in [7, 11) is 0. The molecule has 0 unspecified atom stereocenters. The van der Waals surface area contributed by atoms with Crippen molar-refractivity contribution in [1.29, 1.82) is 0 Å². The molecule has 1 amide bonds. The standard InChI is InChI=1S/C14H11Cl2NO/c15-9-10-5-7-11(8-6-10)17-14(18)12-3-1-2-4-13(12)16/h1-8H,9H2,(H,17,18). The third kappa shape index (κ3) is 3.03. The number of alkyl halides is 1. The number of benzene rings is 2. The van der Waals surface area contributed by atoms with Crippen LogP contribution in [0.15, 0.2) is 48.5 Å². The zero-order chi connectivity index (χ0) is 13.0. The highest BCUT2D eigenvalue weighted by Gasteiger charge is 2.09. The molecule has 0 aliphatic rings. The molecular weight excluding hydrogens is 269 g/mol. The molecule has 0 spiro atoms. The zero-order valence-electron chi connectivity index (χ0n) is 9.49. The van der Waals surface area contributed by atoms with E-state index in [0.29, 0.717) is 22.2 Å². The number of nitrogens with one attached hydrogen (secondary N) is 1. The summed E-state index contributed by atoms with van der Waals surface area (Å²) in [5, 5.41) is 3.22. The van der Waals surface area contributed by atoms with E-state index in [4.69, 9.17) is 23.2 Å². The first kappa shape index (κ1) is 12.9. The Morgan fingerprint density at radius 2 is 1.72 bits per heavy atom. The predicted molar refractivity (Wildman–Crippen MR) is 75.4 cm³/mol. The lowest BCUT2D eigenvalue weighted by Crippen LogP contribution is -2.12. The number of amides is 1. The van der Waals surface area contributed by atoms with E-state index in [2.05, 4.69) is 5.32 Å². The summed E-state index contributed by atoms with van der Waals surface area (Å²) in [5.41, 5.74) is 2.18. The van der Waals surface area contributed by atoms with Crippen LogP contribution in [0.5, 0.6) is 0 Å². The van der Waals surface area contributed by atoms with E-state index in [1.165, 1.54) is 0 Å². The number of halogens is 2. The van der Waals surface area contributed by atoms with Gasteiger partial charge in [-0.15, -0.1) is 11.6 Å². The molecule has 0 heterocycles. The van der Waals surface area contributed by atoms with E-state index in [1.807, 2.05) is 24.3 Å². The van der Waals surface area contributed by atoms with Crippen molar-refractivity contribution >= 4 is 34.8 Å². The Morgan fingerprint density at radius 1 is 1.06 bits per heavy atom. The number of carbonyl (C=O) groups excluding carboxylic acids is 1. The van der Waals surface area contributed by atoms with Gasteiger partial charge in [0.25, 0.3) is 5.91 Å². The Balaban J connectivity index is 2.14. The quantitative estimate of drug-likeness (QED) is 0.833. The maximum Gasteiger partial charge on any atom is 0.257 e. The Labute approximate surface area is 116 Å². The Bertz CT molecular complexity index is 552. The lowest BCUT2D eigenvalue weighted by atomic mass is 10.2. The molecule has 0 fully saturated rings. The topological polar surface area (TPSA) is 29.1 Å². The molecule has 0 saturated carbocycles. The largest absolute Gasteiger partial charge is 0.322 e. The molecule has 92 valence electrons. The van der Waals surface area contributed by atoms with E-state index >= 15 is 0 Å². The van der Waals surface area contributed by atoms with E-state index < -0.39 is 0 Å². The van der Waals surface area contributed by atoms with Crippen LogP contribution in [0, 0.1) is 0 Å². The summed E-state index contributed by atoms with van der Waals surface area (Å²) in [6.45, 7) is 0. The molecule has 18 heavy (non-hydrogen) atoms. The third-order valence-corrected chi connectivity index (χ3v) is 3.12. The van der Waals surface area contributed by atoms with Gasteiger partial charge in [0.05, 0.1) is 10.6 Å². The molecule has 4 heteroatoms. The van der Waals surface area contributed by atoms with Gasteiger partial charge in [0.2, 0.25) is 0 Å². The molecular formula is C14H11Cl2NO. The summed E-state index contributed by atoms with van der Waals surface area (Å²) in [4.78, 5) is 12.0.